The molecule has 7 aromatic rings. The van der Waals surface area contributed by atoms with Crippen LogP contribution in [0, 0.1) is 0 Å². The molecular formula is C28H16N2O2. The van der Waals surface area contributed by atoms with Gasteiger partial charge in [-0.15, -0.1) is 0 Å². The van der Waals surface area contributed by atoms with Crippen LogP contribution in [0.2, 0.25) is 0 Å². The molecule has 0 saturated carbocycles. The van der Waals surface area contributed by atoms with E-state index in [-0.39, 0.29) is 0 Å². The normalized spacial score (nSPS) is 11.8. The van der Waals surface area contributed by atoms with Crippen molar-refractivity contribution in [1.82, 2.24) is 9.97 Å². The lowest BCUT2D eigenvalue weighted by molar-refractivity contribution is 0.620. The van der Waals surface area contributed by atoms with Gasteiger partial charge in [-0.1, -0.05) is 60.7 Å². The molecule has 2 aromatic heterocycles. The Hall–Kier alpha value is -4.44. The minimum absolute atomic E-state index is 0.603. The summed E-state index contributed by atoms with van der Waals surface area (Å²) in [6.07, 6.45) is 0. The van der Waals surface area contributed by atoms with Crippen LogP contribution < -0.4 is 0 Å². The Labute approximate surface area is 182 Å². The van der Waals surface area contributed by atoms with Crippen molar-refractivity contribution in [2.45, 2.75) is 0 Å². The molecule has 0 unspecified atom stereocenters. The molecule has 2 heterocycles. The predicted octanol–water partition coefficient (Wildman–Crippen LogP) is 7.61. The van der Waals surface area contributed by atoms with E-state index < -0.39 is 0 Å². The van der Waals surface area contributed by atoms with Crippen molar-refractivity contribution in [3.8, 4) is 22.9 Å². The first kappa shape index (κ1) is 17.3. The van der Waals surface area contributed by atoms with Crippen molar-refractivity contribution in [2.24, 2.45) is 0 Å². The van der Waals surface area contributed by atoms with Gasteiger partial charge >= 0.3 is 0 Å². The van der Waals surface area contributed by atoms with Crippen molar-refractivity contribution < 1.29 is 8.83 Å². The summed E-state index contributed by atoms with van der Waals surface area (Å²) in [4.78, 5) is 9.40. The third-order valence-electron chi connectivity index (χ3n) is 5.94. The van der Waals surface area contributed by atoms with Crippen molar-refractivity contribution >= 4 is 43.7 Å². The van der Waals surface area contributed by atoms with Crippen LogP contribution in [0.3, 0.4) is 0 Å². The van der Waals surface area contributed by atoms with Crippen LogP contribution in [0.25, 0.3) is 66.7 Å². The second kappa shape index (κ2) is 6.53. The fourth-order valence-corrected chi connectivity index (χ4v) is 4.31. The SMILES string of the molecule is c1ccc2c(c1)ccc1nc(-c3ccc(-c4nc5ccc6ccccc6c5o4)cc3)oc12. The molecule has 150 valence electrons. The topological polar surface area (TPSA) is 52.1 Å². The molecular weight excluding hydrogens is 396 g/mol. The Morgan fingerprint density at radius 1 is 0.438 bits per heavy atom. The van der Waals surface area contributed by atoms with E-state index >= 15 is 0 Å². The molecule has 7 rings (SSSR count). The Kier molecular flexibility index (Phi) is 3.52. The third kappa shape index (κ3) is 2.56. The summed E-state index contributed by atoms with van der Waals surface area (Å²) in [6.45, 7) is 0. The highest BCUT2D eigenvalue weighted by molar-refractivity contribution is 6.04. The zero-order chi connectivity index (χ0) is 21.1. The highest BCUT2D eigenvalue weighted by Crippen LogP contribution is 2.33. The van der Waals surface area contributed by atoms with E-state index in [0.717, 1.165) is 54.9 Å². The summed E-state index contributed by atoms with van der Waals surface area (Å²) in [6, 6.07) is 32.5. The smallest absolute Gasteiger partial charge is 0.227 e. The first-order chi connectivity index (χ1) is 15.8. The van der Waals surface area contributed by atoms with Gasteiger partial charge in [0.1, 0.15) is 11.0 Å². The molecule has 0 aliphatic rings. The number of benzene rings is 5. The molecule has 0 fully saturated rings. The fourth-order valence-electron chi connectivity index (χ4n) is 4.31. The maximum Gasteiger partial charge on any atom is 0.227 e. The summed E-state index contributed by atoms with van der Waals surface area (Å²) >= 11 is 0. The molecule has 4 heteroatoms. The van der Waals surface area contributed by atoms with Gasteiger partial charge in [0, 0.05) is 21.9 Å². The monoisotopic (exact) mass is 412 g/mol. The third-order valence-corrected chi connectivity index (χ3v) is 5.94. The molecule has 0 bridgehead atoms. The van der Waals surface area contributed by atoms with Gasteiger partial charge in [-0.2, -0.15) is 0 Å². The lowest BCUT2D eigenvalue weighted by Gasteiger charge is -1.98. The number of rotatable bonds is 2. The molecule has 0 spiro atoms. The van der Waals surface area contributed by atoms with Gasteiger partial charge in [0.2, 0.25) is 11.8 Å². The zero-order valence-electron chi connectivity index (χ0n) is 16.9. The van der Waals surface area contributed by atoms with Gasteiger partial charge in [0.15, 0.2) is 11.2 Å². The maximum absolute atomic E-state index is 6.16. The Balaban J connectivity index is 1.30. The fraction of sp³-hybridized carbons (Fsp3) is 0. The highest BCUT2D eigenvalue weighted by Gasteiger charge is 2.14. The Morgan fingerprint density at radius 3 is 1.34 bits per heavy atom. The van der Waals surface area contributed by atoms with Crippen LogP contribution in [-0.2, 0) is 0 Å². The minimum Gasteiger partial charge on any atom is -0.435 e. The van der Waals surface area contributed by atoms with E-state index in [1.807, 2.05) is 60.7 Å². The molecule has 0 N–H and O–H groups in total. The van der Waals surface area contributed by atoms with Crippen molar-refractivity contribution in [2.75, 3.05) is 0 Å². The van der Waals surface area contributed by atoms with E-state index in [1.54, 1.807) is 0 Å². The Morgan fingerprint density at radius 2 is 0.875 bits per heavy atom. The van der Waals surface area contributed by atoms with Gasteiger partial charge in [-0.25, -0.2) is 9.97 Å². The first-order valence-corrected chi connectivity index (χ1v) is 10.5. The van der Waals surface area contributed by atoms with Crippen LogP contribution >= 0.6 is 0 Å². The van der Waals surface area contributed by atoms with Crippen LogP contribution in [-0.4, -0.2) is 9.97 Å². The number of aromatic nitrogens is 2. The number of nitrogens with zero attached hydrogens (tertiary/aromatic N) is 2. The highest BCUT2D eigenvalue weighted by atomic mass is 16.4. The summed E-state index contributed by atoms with van der Waals surface area (Å²) in [7, 11) is 0. The van der Waals surface area contributed by atoms with Gasteiger partial charge in [0.05, 0.1) is 0 Å². The second-order valence-electron chi connectivity index (χ2n) is 7.89. The first-order valence-electron chi connectivity index (χ1n) is 10.5. The molecule has 5 aromatic carbocycles. The summed E-state index contributed by atoms with van der Waals surface area (Å²) in [5.41, 5.74) is 5.16. The number of hydrogen-bond donors (Lipinski definition) is 0. The maximum atomic E-state index is 6.16. The quantitative estimate of drug-likeness (QED) is 0.293. The number of hydrogen-bond acceptors (Lipinski definition) is 4. The number of oxazole rings is 2. The zero-order valence-corrected chi connectivity index (χ0v) is 16.9. The van der Waals surface area contributed by atoms with Crippen LogP contribution in [0.1, 0.15) is 0 Å². The molecule has 32 heavy (non-hydrogen) atoms. The lowest BCUT2D eigenvalue weighted by atomic mass is 10.1. The molecule has 0 saturated heterocycles. The van der Waals surface area contributed by atoms with E-state index in [9.17, 15) is 0 Å². The molecule has 0 aliphatic carbocycles. The van der Waals surface area contributed by atoms with Crippen LogP contribution in [0.5, 0.6) is 0 Å². The van der Waals surface area contributed by atoms with Crippen molar-refractivity contribution in [3.63, 3.8) is 0 Å². The lowest BCUT2D eigenvalue weighted by Crippen LogP contribution is -1.80. The van der Waals surface area contributed by atoms with Crippen molar-refractivity contribution in [3.05, 3.63) is 97.1 Å². The predicted molar refractivity (Wildman–Crippen MR) is 127 cm³/mol. The molecule has 0 amide bonds. The van der Waals surface area contributed by atoms with Gasteiger partial charge in [-0.3, -0.25) is 0 Å². The van der Waals surface area contributed by atoms with Crippen LogP contribution in [0.15, 0.2) is 106 Å². The minimum atomic E-state index is 0.603. The summed E-state index contributed by atoms with van der Waals surface area (Å²) in [5.74, 6) is 1.21. The second-order valence-corrected chi connectivity index (χ2v) is 7.89. The molecule has 4 nitrogen and oxygen atoms in total. The average molecular weight is 412 g/mol. The van der Waals surface area contributed by atoms with Crippen molar-refractivity contribution in [1.29, 1.82) is 0 Å². The van der Waals surface area contributed by atoms with E-state index in [4.69, 9.17) is 18.8 Å². The molecule has 0 atom stereocenters. The van der Waals surface area contributed by atoms with E-state index in [1.165, 1.54) is 0 Å². The Bertz CT molecular complexity index is 1640. The van der Waals surface area contributed by atoms with Crippen LogP contribution in [0.4, 0.5) is 0 Å². The molecule has 0 aliphatic heterocycles. The van der Waals surface area contributed by atoms with Gasteiger partial charge in [0.25, 0.3) is 0 Å². The van der Waals surface area contributed by atoms with E-state index in [0.29, 0.717) is 11.8 Å². The summed E-state index contributed by atoms with van der Waals surface area (Å²) in [5, 5.41) is 4.42. The van der Waals surface area contributed by atoms with E-state index in [2.05, 4.69) is 36.4 Å². The largest absolute Gasteiger partial charge is 0.435 e. The summed E-state index contributed by atoms with van der Waals surface area (Å²) < 4.78 is 12.3. The van der Waals surface area contributed by atoms with Gasteiger partial charge in [-0.05, 0) is 47.2 Å². The molecule has 0 radical (unpaired) electrons. The standard InChI is InChI=1S/C28H16N2O2/c1-3-7-21-17(5-1)13-15-23-25(21)31-27(29-23)19-9-11-20(12-10-19)28-30-24-16-14-18-6-2-4-8-22(18)26(24)32-28/h1-16H. The van der Waals surface area contributed by atoms with Gasteiger partial charge < -0.3 is 8.83 Å². The number of fused-ring (bicyclic) bond motifs is 6. The average Bonchev–Trinajstić information content (AvgIpc) is 3.49.